The maximum Gasteiger partial charge on any atom is 0.308 e. The number of likely N-dealkylation sites (tertiary alicyclic amines) is 1. The maximum atomic E-state index is 12.2. The molecule has 0 bridgehead atoms. The number of aliphatic carboxylic acids is 1. The van der Waals surface area contributed by atoms with E-state index < -0.39 is 11.9 Å². The number of ether oxygens (including phenoxy) is 1. The Balaban J connectivity index is 1.73. The van der Waals surface area contributed by atoms with Crippen molar-refractivity contribution in [2.75, 3.05) is 13.2 Å². The lowest BCUT2D eigenvalue weighted by Gasteiger charge is -2.23. The van der Waals surface area contributed by atoms with Gasteiger partial charge in [0.1, 0.15) is 5.75 Å². The molecule has 0 spiro atoms. The van der Waals surface area contributed by atoms with E-state index in [1.807, 2.05) is 31.2 Å². The van der Waals surface area contributed by atoms with E-state index in [2.05, 4.69) is 15.9 Å². The van der Waals surface area contributed by atoms with Gasteiger partial charge in [-0.1, -0.05) is 22.0 Å². The van der Waals surface area contributed by atoms with E-state index in [4.69, 9.17) is 9.84 Å². The molecule has 2 atom stereocenters. The monoisotopic (exact) mass is 369 g/mol. The maximum absolute atomic E-state index is 12.2. The van der Waals surface area contributed by atoms with Crippen molar-refractivity contribution in [3.8, 4) is 5.75 Å². The summed E-state index contributed by atoms with van der Waals surface area (Å²) in [7, 11) is 0. The SMILES string of the molecule is CC1C(C(=O)O)CCN1C(=O)CCCOc1cccc(Br)c1. The van der Waals surface area contributed by atoms with Crippen LogP contribution in [0, 0.1) is 5.92 Å². The minimum atomic E-state index is -0.819. The zero-order valence-electron chi connectivity index (χ0n) is 12.5. The molecule has 1 heterocycles. The Hall–Kier alpha value is -1.56. The fourth-order valence-corrected chi connectivity index (χ4v) is 3.11. The topological polar surface area (TPSA) is 66.8 Å². The third-order valence-electron chi connectivity index (χ3n) is 3.99. The molecule has 0 saturated carbocycles. The molecule has 1 aliphatic rings. The van der Waals surface area contributed by atoms with Crippen LogP contribution in [0.2, 0.25) is 0 Å². The van der Waals surface area contributed by atoms with Crippen molar-refractivity contribution in [3.05, 3.63) is 28.7 Å². The molecule has 1 amide bonds. The number of halogens is 1. The highest BCUT2D eigenvalue weighted by Gasteiger charge is 2.37. The molecule has 1 saturated heterocycles. The third-order valence-corrected chi connectivity index (χ3v) is 4.49. The Bertz CT molecular complexity index is 549. The van der Waals surface area contributed by atoms with Crippen LogP contribution < -0.4 is 4.74 Å². The van der Waals surface area contributed by atoms with Crippen molar-refractivity contribution in [1.82, 2.24) is 4.90 Å². The van der Waals surface area contributed by atoms with Crippen molar-refractivity contribution in [2.45, 2.75) is 32.2 Å². The van der Waals surface area contributed by atoms with E-state index >= 15 is 0 Å². The summed E-state index contributed by atoms with van der Waals surface area (Å²) in [5.74, 6) is -0.487. The van der Waals surface area contributed by atoms with Gasteiger partial charge in [0.2, 0.25) is 5.91 Å². The van der Waals surface area contributed by atoms with Crippen molar-refractivity contribution >= 4 is 27.8 Å². The van der Waals surface area contributed by atoms with E-state index in [1.54, 1.807) is 4.90 Å². The van der Waals surface area contributed by atoms with Gasteiger partial charge >= 0.3 is 5.97 Å². The van der Waals surface area contributed by atoms with Crippen LogP contribution in [-0.2, 0) is 9.59 Å². The number of carboxylic acids is 1. The quantitative estimate of drug-likeness (QED) is 0.782. The Labute approximate surface area is 138 Å². The Morgan fingerprint density at radius 3 is 2.86 bits per heavy atom. The van der Waals surface area contributed by atoms with Crippen LogP contribution in [0.1, 0.15) is 26.2 Å². The second-order valence-corrected chi connectivity index (χ2v) is 6.39. The number of rotatable bonds is 6. The standard InChI is InChI=1S/C16H20BrNO4/c1-11-14(16(20)21)7-8-18(11)15(19)6-3-9-22-13-5-2-4-12(17)10-13/h2,4-5,10-11,14H,3,6-9H2,1H3,(H,20,21). The van der Waals surface area contributed by atoms with Crippen LogP contribution in [0.25, 0.3) is 0 Å². The summed E-state index contributed by atoms with van der Waals surface area (Å²) < 4.78 is 6.54. The Morgan fingerprint density at radius 1 is 1.45 bits per heavy atom. The van der Waals surface area contributed by atoms with Crippen molar-refractivity contribution in [2.24, 2.45) is 5.92 Å². The predicted octanol–water partition coefficient (Wildman–Crippen LogP) is 2.93. The molecule has 0 radical (unpaired) electrons. The smallest absolute Gasteiger partial charge is 0.308 e. The predicted molar refractivity (Wildman–Crippen MR) is 85.8 cm³/mol. The second-order valence-electron chi connectivity index (χ2n) is 5.47. The Kier molecular flexibility index (Phi) is 5.83. The summed E-state index contributed by atoms with van der Waals surface area (Å²) in [4.78, 5) is 24.9. The summed E-state index contributed by atoms with van der Waals surface area (Å²) in [5.41, 5.74) is 0. The molecule has 1 aromatic rings. The van der Waals surface area contributed by atoms with Gasteiger partial charge in [-0.15, -0.1) is 0 Å². The van der Waals surface area contributed by atoms with Gasteiger partial charge in [-0.05, 0) is 38.0 Å². The number of hydrogen-bond acceptors (Lipinski definition) is 3. The number of hydrogen-bond donors (Lipinski definition) is 1. The summed E-state index contributed by atoms with van der Waals surface area (Å²) in [5, 5.41) is 9.08. The zero-order valence-corrected chi connectivity index (χ0v) is 14.1. The fraction of sp³-hybridized carbons (Fsp3) is 0.500. The average molecular weight is 370 g/mol. The molecule has 1 aromatic carbocycles. The Morgan fingerprint density at radius 2 is 2.23 bits per heavy atom. The van der Waals surface area contributed by atoms with E-state index in [9.17, 15) is 9.59 Å². The molecule has 0 aliphatic carbocycles. The summed E-state index contributed by atoms with van der Waals surface area (Å²) in [6, 6.07) is 7.33. The summed E-state index contributed by atoms with van der Waals surface area (Å²) in [6.45, 7) is 2.80. The zero-order chi connectivity index (χ0) is 16.1. The van der Waals surface area contributed by atoms with Gasteiger partial charge in [0.05, 0.1) is 12.5 Å². The number of amides is 1. The number of nitrogens with zero attached hydrogens (tertiary/aromatic N) is 1. The number of carboxylic acid groups (broad SMARTS) is 1. The van der Waals surface area contributed by atoms with E-state index in [-0.39, 0.29) is 11.9 Å². The largest absolute Gasteiger partial charge is 0.494 e. The van der Waals surface area contributed by atoms with E-state index in [1.165, 1.54) is 0 Å². The lowest BCUT2D eigenvalue weighted by Crippen LogP contribution is -2.37. The normalized spacial score (nSPS) is 20.9. The minimum Gasteiger partial charge on any atom is -0.494 e. The molecule has 6 heteroatoms. The van der Waals surface area contributed by atoms with Gasteiger partial charge in [-0.2, -0.15) is 0 Å². The molecule has 1 fully saturated rings. The lowest BCUT2D eigenvalue weighted by atomic mass is 10.0. The fourth-order valence-electron chi connectivity index (χ4n) is 2.74. The van der Waals surface area contributed by atoms with Gasteiger partial charge in [0.15, 0.2) is 0 Å². The molecule has 2 unspecified atom stereocenters. The number of carbonyl (C=O) groups excluding carboxylic acids is 1. The van der Waals surface area contributed by atoms with Gasteiger partial charge in [-0.3, -0.25) is 9.59 Å². The highest BCUT2D eigenvalue weighted by atomic mass is 79.9. The van der Waals surface area contributed by atoms with Gasteiger partial charge in [0.25, 0.3) is 0 Å². The van der Waals surface area contributed by atoms with Gasteiger partial charge < -0.3 is 14.7 Å². The van der Waals surface area contributed by atoms with Gasteiger partial charge in [0, 0.05) is 23.5 Å². The molecule has 120 valence electrons. The van der Waals surface area contributed by atoms with Crippen molar-refractivity contribution < 1.29 is 19.4 Å². The first kappa shape index (κ1) is 16.8. The van der Waals surface area contributed by atoms with E-state index in [0.717, 1.165) is 10.2 Å². The van der Waals surface area contributed by atoms with Crippen LogP contribution in [0.5, 0.6) is 5.75 Å². The van der Waals surface area contributed by atoms with Crippen molar-refractivity contribution in [1.29, 1.82) is 0 Å². The van der Waals surface area contributed by atoms with Crippen LogP contribution >= 0.6 is 15.9 Å². The molecule has 1 N–H and O–H groups in total. The number of carbonyl (C=O) groups is 2. The minimum absolute atomic E-state index is 0.00842. The molecule has 2 rings (SSSR count). The third kappa shape index (κ3) is 4.22. The second kappa shape index (κ2) is 7.63. The van der Waals surface area contributed by atoms with Crippen LogP contribution in [0.4, 0.5) is 0 Å². The van der Waals surface area contributed by atoms with Crippen LogP contribution in [-0.4, -0.2) is 41.1 Å². The van der Waals surface area contributed by atoms with Gasteiger partial charge in [-0.25, -0.2) is 0 Å². The first-order chi connectivity index (χ1) is 10.5. The average Bonchev–Trinajstić information content (AvgIpc) is 2.85. The van der Waals surface area contributed by atoms with Crippen LogP contribution in [0.3, 0.4) is 0 Å². The first-order valence-electron chi connectivity index (χ1n) is 7.39. The molecule has 22 heavy (non-hydrogen) atoms. The molecule has 0 aromatic heterocycles. The molecule has 5 nitrogen and oxygen atoms in total. The molecular weight excluding hydrogens is 350 g/mol. The van der Waals surface area contributed by atoms with E-state index in [0.29, 0.717) is 32.4 Å². The molecule has 1 aliphatic heterocycles. The lowest BCUT2D eigenvalue weighted by molar-refractivity contribution is -0.143. The highest BCUT2D eigenvalue weighted by Crippen LogP contribution is 2.25. The first-order valence-corrected chi connectivity index (χ1v) is 8.19. The van der Waals surface area contributed by atoms with Crippen molar-refractivity contribution in [3.63, 3.8) is 0 Å². The summed E-state index contributed by atoms with van der Waals surface area (Å²) in [6.07, 6.45) is 1.54. The molecular formula is C16H20BrNO4. The number of benzene rings is 1. The summed E-state index contributed by atoms with van der Waals surface area (Å²) >= 11 is 3.37. The van der Waals surface area contributed by atoms with Crippen LogP contribution in [0.15, 0.2) is 28.7 Å². The highest BCUT2D eigenvalue weighted by molar-refractivity contribution is 9.10.